The van der Waals surface area contributed by atoms with E-state index in [0.29, 0.717) is 41.1 Å². The Morgan fingerprint density at radius 2 is 1.66 bits per heavy atom. The van der Waals surface area contributed by atoms with Gasteiger partial charge in [0.25, 0.3) is 0 Å². The standard InChI is InChI=1S/C33H37ClN4O3/c1-36(2)26-14-16-27(17-15-26)38-20-9-10-28(38)23-37-19-7-3-4-8-21-40-31-11-5-6-12-32(31)41-30-18-13-25(34)22-29(30)35-33(39)24-37/h5-6,9-18,20,22H,3-4,7-8,19,21,23-24H2,1-2H3,(H,35,39). The number of amides is 1. The Balaban J connectivity index is 1.37. The average Bonchev–Trinajstić information content (AvgIpc) is 3.42. The van der Waals surface area contributed by atoms with Crippen LogP contribution in [0.5, 0.6) is 17.2 Å². The van der Waals surface area contributed by atoms with E-state index in [1.807, 2.05) is 38.4 Å². The van der Waals surface area contributed by atoms with E-state index in [9.17, 15) is 4.79 Å². The quantitative estimate of drug-likeness (QED) is 0.276. The zero-order valence-electron chi connectivity index (χ0n) is 23.7. The molecule has 1 aliphatic heterocycles. The SMILES string of the molecule is CN(C)c1ccc(-n2cccc2CN2CCCCCCOc3ccccc3Oc3ccc(Cl)cc3NC(=O)C2)cc1. The number of para-hydroxylation sites is 2. The van der Waals surface area contributed by atoms with Crippen molar-refractivity contribution in [1.29, 1.82) is 0 Å². The van der Waals surface area contributed by atoms with Crippen molar-refractivity contribution in [2.45, 2.75) is 32.2 Å². The number of benzene rings is 3. The highest BCUT2D eigenvalue weighted by Gasteiger charge is 2.17. The molecule has 2 heterocycles. The summed E-state index contributed by atoms with van der Waals surface area (Å²) in [5, 5.41) is 3.56. The molecule has 41 heavy (non-hydrogen) atoms. The van der Waals surface area contributed by atoms with Crippen molar-refractivity contribution in [3.05, 3.63) is 95.8 Å². The smallest absolute Gasteiger partial charge is 0.238 e. The van der Waals surface area contributed by atoms with Crippen LogP contribution in [0.2, 0.25) is 5.02 Å². The number of carbonyl (C=O) groups excluding carboxylic acids is 1. The Hall–Kier alpha value is -3.94. The highest BCUT2D eigenvalue weighted by molar-refractivity contribution is 6.31. The van der Waals surface area contributed by atoms with Crippen molar-refractivity contribution in [3.63, 3.8) is 0 Å². The molecule has 0 spiro atoms. The van der Waals surface area contributed by atoms with Gasteiger partial charge >= 0.3 is 0 Å². The van der Waals surface area contributed by atoms with Crippen LogP contribution in [-0.2, 0) is 11.3 Å². The molecule has 214 valence electrons. The van der Waals surface area contributed by atoms with Gasteiger partial charge in [-0.05, 0) is 86.1 Å². The van der Waals surface area contributed by atoms with Crippen molar-refractivity contribution >= 4 is 28.9 Å². The lowest BCUT2D eigenvalue weighted by atomic mass is 10.2. The van der Waals surface area contributed by atoms with E-state index in [1.54, 1.807) is 18.2 Å². The number of fused-ring (bicyclic) bond motifs is 2. The molecule has 8 heteroatoms. The Labute approximate surface area is 247 Å². The fourth-order valence-electron chi connectivity index (χ4n) is 4.98. The zero-order valence-corrected chi connectivity index (χ0v) is 24.4. The molecule has 1 aliphatic rings. The van der Waals surface area contributed by atoms with Gasteiger partial charge in [-0.25, -0.2) is 0 Å². The van der Waals surface area contributed by atoms with E-state index in [4.69, 9.17) is 21.1 Å². The number of hydrogen-bond acceptors (Lipinski definition) is 5. The van der Waals surface area contributed by atoms with Crippen molar-refractivity contribution in [2.75, 3.05) is 44.0 Å². The fourth-order valence-corrected chi connectivity index (χ4v) is 5.15. The molecule has 0 saturated heterocycles. The van der Waals surface area contributed by atoms with Crippen LogP contribution in [0.4, 0.5) is 11.4 Å². The van der Waals surface area contributed by atoms with Gasteiger partial charge in [0.2, 0.25) is 5.91 Å². The van der Waals surface area contributed by atoms with Crippen LogP contribution >= 0.6 is 11.6 Å². The second kappa shape index (κ2) is 13.6. The number of nitrogens with one attached hydrogen (secondary N) is 1. The van der Waals surface area contributed by atoms with Crippen molar-refractivity contribution in [1.82, 2.24) is 9.47 Å². The lowest BCUT2D eigenvalue weighted by Crippen LogP contribution is -2.34. The molecule has 5 rings (SSSR count). The summed E-state index contributed by atoms with van der Waals surface area (Å²) in [6.07, 6.45) is 6.13. The third-order valence-corrected chi connectivity index (χ3v) is 7.38. The largest absolute Gasteiger partial charge is 0.490 e. The van der Waals surface area contributed by atoms with Crippen LogP contribution in [0.3, 0.4) is 0 Å². The highest BCUT2D eigenvalue weighted by atomic mass is 35.5. The van der Waals surface area contributed by atoms with Gasteiger partial charge in [-0.3, -0.25) is 9.69 Å². The third-order valence-electron chi connectivity index (χ3n) is 7.14. The van der Waals surface area contributed by atoms with Crippen LogP contribution < -0.4 is 19.7 Å². The number of halogens is 1. The van der Waals surface area contributed by atoms with Gasteiger partial charge in [0.1, 0.15) is 0 Å². The van der Waals surface area contributed by atoms with Crippen molar-refractivity contribution < 1.29 is 14.3 Å². The number of hydrogen-bond donors (Lipinski definition) is 1. The monoisotopic (exact) mass is 572 g/mol. The Kier molecular flexibility index (Phi) is 9.49. The summed E-state index contributed by atoms with van der Waals surface area (Å²) < 4.78 is 14.5. The molecule has 0 bridgehead atoms. The summed E-state index contributed by atoms with van der Waals surface area (Å²) in [6.45, 7) is 2.32. The summed E-state index contributed by atoms with van der Waals surface area (Å²) in [5.41, 5.74) is 3.89. The Morgan fingerprint density at radius 1 is 0.878 bits per heavy atom. The number of nitrogens with zero attached hydrogens (tertiary/aromatic N) is 3. The minimum absolute atomic E-state index is 0.123. The molecule has 1 N–H and O–H groups in total. The number of rotatable bonds is 4. The molecule has 1 aromatic heterocycles. The molecule has 0 radical (unpaired) electrons. The number of anilines is 2. The molecule has 0 unspecified atom stereocenters. The van der Waals surface area contributed by atoms with Crippen LogP contribution in [0.25, 0.3) is 5.69 Å². The van der Waals surface area contributed by atoms with Crippen LogP contribution in [0, 0.1) is 0 Å². The summed E-state index contributed by atoms with van der Waals surface area (Å²) in [5.74, 6) is 1.66. The maximum absolute atomic E-state index is 13.4. The van der Waals surface area contributed by atoms with E-state index in [1.165, 1.54) is 0 Å². The first-order valence-electron chi connectivity index (χ1n) is 14.1. The molecule has 4 aromatic rings. The van der Waals surface area contributed by atoms with Gasteiger partial charge in [0.05, 0.1) is 18.8 Å². The van der Waals surface area contributed by atoms with Gasteiger partial charge in [0.15, 0.2) is 17.2 Å². The van der Waals surface area contributed by atoms with Gasteiger partial charge in [-0.1, -0.05) is 36.6 Å². The van der Waals surface area contributed by atoms with Gasteiger partial charge in [0, 0.05) is 48.9 Å². The van der Waals surface area contributed by atoms with Gasteiger partial charge < -0.3 is 24.3 Å². The van der Waals surface area contributed by atoms with E-state index in [-0.39, 0.29) is 12.5 Å². The second-order valence-electron chi connectivity index (χ2n) is 10.5. The lowest BCUT2D eigenvalue weighted by molar-refractivity contribution is -0.117. The minimum Gasteiger partial charge on any atom is -0.490 e. The van der Waals surface area contributed by atoms with E-state index in [0.717, 1.165) is 49.3 Å². The molecular weight excluding hydrogens is 536 g/mol. The number of ether oxygens (including phenoxy) is 2. The van der Waals surface area contributed by atoms with Gasteiger partial charge in [-0.15, -0.1) is 0 Å². The molecule has 0 atom stereocenters. The Morgan fingerprint density at radius 3 is 2.46 bits per heavy atom. The minimum atomic E-state index is -0.123. The summed E-state index contributed by atoms with van der Waals surface area (Å²) >= 11 is 6.32. The van der Waals surface area contributed by atoms with Gasteiger partial charge in [-0.2, -0.15) is 0 Å². The molecule has 0 saturated carbocycles. The summed E-state index contributed by atoms with van der Waals surface area (Å²) in [6, 6.07) is 25.5. The van der Waals surface area contributed by atoms with E-state index in [2.05, 4.69) is 62.3 Å². The van der Waals surface area contributed by atoms with Crippen molar-refractivity contribution in [2.24, 2.45) is 0 Å². The van der Waals surface area contributed by atoms with Crippen LogP contribution in [0.1, 0.15) is 31.4 Å². The van der Waals surface area contributed by atoms with E-state index >= 15 is 0 Å². The first-order chi connectivity index (χ1) is 20.0. The highest BCUT2D eigenvalue weighted by Crippen LogP contribution is 2.36. The normalized spacial score (nSPS) is 15.1. The maximum atomic E-state index is 13.4. The predicted octanol–water partition coefficient (Wildman–Crippen LogP) is 7.38. The second-order valence-corrected chi connectivity index (χ2v) is 10.9. The maximum Gasteiger partial charge on any atom is 0.238 e. The zero-order chi connectivity index (χ0) is 28.6. The number of carbonyl (C=O) groups is 1. The predicted molar refractivity (Wildman–Crippen MR) is 166 cm³/mol. The summed E-state index contributed by atoms with van der Waals surface area (Å²) in [4.78, 5) is 17.7. The first-order valence-corrected chi connectivity index (χ1v) is 14.5. The van der Waals surface area contributed by atoms with Crippen molar-refractivity contribution in [3.8, 4) is 22.9 Å². The van der Waals surface area contributed by atoms with Crippen LogP contribution in [-0.4, -0.2) is 49.2 Å². The molecule has 7 nitrogen and oxygen atoms in total. The van der Waals surface area contributed by atoms with Crippen LogP contribution in [0.15, 0.2) is 85.1 Å². The Bertz CT molecular complexity index is 1450. The van der Waals surface area contributed by atoms with E-state index < -0.39 is 0 Å². The average molecular weight is 573 g/mol. The third kappa shape index (κ3) is 7.63. The topological polar surface area (TPSA) is 59.0 Å². The molecule has 1 amide bonds. The molecule has 0 aliphatic carbocycles. The number of aromatic nitrogens is 1. The molecule has 3 aromatic carbocycles. The fraction of sp³-hybridized carbons (Fsp3) is 0.303. The molecule has 0 fully saturated rings. The summed E-state index contributed by atoms with van der Waals surface area (Å²) in [7, 11) is 4.07. The lowest BCUT2D eigenvalue weighted by Gasteiger charge is -2.24. The molecular formula is C33H37ClN4O3. The first kappa shape index (κ1) is 28.6.